The summed E-state index contributed by atoms with van der Waals surface area (Å²) in [5.74, 6) is -6.37. The van der Waals surface area contributed by atoms with Gasteiger partial charge in [0.05, 0.1) is 7.11 Å². The molecule has 1 aliphatic carbocycles. The molecule has 0 aromatic rings. The number of esters is 1. The van der Waals surface area contributed by atoms with Crippen molar-refractivity contribution < 1.29 is 27.9 Å². The van der Waals surface area contributed by atoms with Gasteiger partial charge in [-0.15, -0.1) is 0 Å². The number of alkyl halides is 2. The Kier molecular flexibility index (Phi) is 4.20. The van der Waals surface area contributed by atoms with E-state index in [1.165, 1.54) is 6.92 Å². The van der Waals surface area contributed by atoms with E-state index >= 15 is 0 Å². The van der Waals surface area contributed by atoms with Crippen molar-refractivity contribution >= 4 is 17.8 Å². The number of ether oxygens (including phenoxy) is 1. The molecule has 0 aliphatic heterocycles. The number of amidine groups is 1. The Bertz CT molecular complexity index is 376. The van der Waals surface area contributed by atoms with Crippen molar-refractivity contribution in [2.45, 2.75) is 25.7 Å². The van der Waals surface area contributed by atoms with Gasteiger partial charge in [-0.25, -0.2) is 13.6 Å². The minimum absolute atomic E-state index is 0.175. The number of halogens is 2. The van der Waals surface area contributed by atoms with Crippen molar-refractivity contribution in [2.75, 3.05) is 7.11 Å². The van der Waals surface area contributed by atoms with Gasteiger partial charge in [-0.3, -0.25) is 4.79 Å². The second-order valence-electron chi connectivity index (χ2n) is 4.13. The normalized spacial score (nSPS) is 20.8. The molecular formula is C10H14F2N2O4. The van der Waals surface area contributed by atoms with Crippen molar-refractivity contribution in [1.29, 1.82) is 0 Å². The molecule has 6 nitrogen and oxygen atoms in total. The van der Waals surface area contributed by atoms with Crippen LogP contribution in [0.25, 0.3) is 0 Å². The summed E-state index contributed by atoms with van der Waals surface area (Å²) in [5, 5.41) is 3.25. The van der Waals surface area contributed by atoms with E-state index in [1.54, 1.807) is 0 Å². The van der Waals surface area contributed by atoms with Crippen LogP contribution in [0, 0.1) is 11.8 Å². The van der Waals surface area contributed by atoms with E-state index in [-0.39, 0.29) is 5.84 Å². The zero-order valence-corrected chi connectivity index (χ0v) is 9.98. The maximum absolute atomic E-state index is 12.5. The van der Waals surface area contributed by atoms with E-state index in [9.17, 15) is 18.4 Å². The van der Waals surface area contributed by atoms with Crippen LogP contribution in [0.15, 0.2) is 5.16 Å². The molecule has 2 N–H and O–H groups in total. The predicted octanol–water partition coefficient (Wildman–Crippen LogP) is 0.656. The Balaban J connectivity index is 2.44. The molecule has 102 valence electrons. The van der Waals surface area contributed by atoms with Crippen molar-refractivity contribution in [3.05, 3.63) is 0 Å². The van der Waals surface area contributed by atoms with Crippen molar-refractivity contribution in [3.8, 4) is 0 Å². The molecule has 0 spiro atoms. The Hall–Kier alpha value is -1.73. The van der Waals surface area contributed by atoms with Gasteiger partial charge in [0.2, 0.25) is 5.92 Å². The summed E-state index contributed by atoms with van der Waals surface area (Å²) in [6.45, 7) is 1.28. The minimum atomic E-state index is -2.73. The lowest BCUT2D eigenvalue weighted by Crippen LogP contribution is -2.43. The van der Waals surface area contributed by atoms with Gasteiger partial charge in [-0.05, 0) is 6.92 Å². The molecule has 8 heteroatoms. The van der Waals surface area contributed by atoms with E-state index in [0.29, 0.717) is 0 Å². The molecule has 1 atom stereocenters. The summed E-state index contributed by atoms with van der Waals surface area (Å²) in [7, 11) is 1.13. The van der Waals surface area contributed by atoms with Crippen molar-refractivity contribution in [2.24, 2.45) is 22.7 Å². The number of methoxy groups -OCH3 is 1. The molecule has 0 saturated heterocycles. The monoisotopic (exact) mass is 264 g/mol. The quantitative estimate of drug-likeness (QED) is 0.201. The molecule has 0 amide bonds. The third-order valence-corrected chi connectivity index (χ3v) is 2.66. The Morgan fingerprint density at radius 3 is 2.39 bits per heavy atom. The van der Waals surface area contributed by atoms with Crippen LogP contribution in [0.2, 0.25) is 0 Å². The lowest BCUT2D eigenvalue weighted by atomic mass is 9.81. The first-order chi connectivity index (χ1) is 8.26. The Morgan fingerprint density at radius 1 is 1.39 bits per heavy atom. The molecule has 1 fully saturated rings. The second kappa shape index (κ2) is 5.28. The molecule has 1 unspecified atom stereocenters. The van der Waals surface area contributed by atoms with E-state index in [2.05, 4.69) is 14.7 Å². The maximum atomic E-state index is 12.5. The van der Waals surface area contributed by atoms with Crippen LogP contribution in [-0.4, -0.2) is 30.8 Å². The molecule has 0 radical (unpaired) electrons. The minimum Gasteiger partial charge on any atom is -0.468 e. The zero-order valence-electron chi connectivity index (χ0n) is 9.98. The van der Waals surface area contributed by atoms with E-state index in [1.807, 2.05) is 0 Å². The number of hydrogen-bond acceptors (Lipinski definition) is 5. The molecule has 0 bridgehead atoms. The first-order valence-electron chi connectivity index (χ1n) is 5.26. The number of nitrogens with zero attached hydrogens (tertiary/aromatic N) is 1. The number of rotatable bonds is 4. The Labute approximate surface area is 102 Å². The fourth-order valence-electron chi connectivity index (χ4n) is 1.39. The number of carbonyl (C=O) groups is 2. The van der Waals surface area contributed by atoms with Gasteiger partial charge >= 0.3 is 11.9 Å². The van der Waals surface area contributed by atoms with Crippen LogP contribution in [0.1, 0.15) is 19.8 Å². The third-order valence-electron chi connectivity index (χ3n) is 2.66. The van der Waals surface area contributed by atoms with Gasteiger partial charge in [0.15, 0.2) is 5.92 Å². The van der Waals surface area contributed by atoms with Crippen LogP contribution in [0.4, 0.5) is 8.78 Å². The average molecular weight is 264 g/mol. The highest BCUT2D eigenvalue weighted by molar-refractivity contribution is 5.94. The number of oxime groups is 1. The highest BCUT2D eigenvalue weighted by Crippen LogP contribution is 2.42. The van der Waals surface area contributed by atoms with E-state index in [4.69, 9.17) is 5.73 Å². The first kappa shape index (κ1) is 14.3. The summed E-state index contributed by atoms with van der Waals surface area (Å²) >= 11 is 0. The fourth-order valence-corrected chi connectivity index (χ4v) is 1.39. The molecular weight excluding hydrogens is 250 g/mol. The molecule has 18 heavy (non-hydrogen) atoms. The van der Waals surface area contributed by atoms with Gasteiger partial charge in [0, 0.05) is 18.8 Å². The maximum Gasteiger partial charge on any atom is 0.349 e. The van der Waals surface area contributed by atoms with Gasteiger partial charge in [0.1, 0.15) is 5.84 Å². The van der Waals surface area contributed by atoms with Crippen LogP contribution in [0.3, 0.4) is 0 Å². The third kappa shape index (κ3) is 3.38. The lowest BCUT2D eigenvalue weighted by molar-refractivity contribution is -0.159. The molecule has 1 rings (SSSR count). The standard InChI is InChI=1S/C10H14F2N2O4/c1-5(8(15)17-2)9(16)18-14-7(13)6-3-10(11,12)4-6/h5-6H,3-4H2,1-2H3,(H2,13,14). The summed E-state index contributed by atoms with van der Waals surface area (Å²) in [5.41, 5.74) is 5.38. The molecule has 0 aromatic carbocycles. The van der Waals surface area contributed by atoms with Crippen LogP contribution in [0.5, 0.6) is 0 Å². The van der Waals surface area contributed by atoms with Gasteiger partial charge < -0.3 is 15.3 Å². The highest BCUT2D eigenvalue weighted by Gasteiger charge is 2.47. The number of carbonyl (C=O) groups excluding carboxylic acids is 2. The van der Waals surface area contributed by atoms with Gasteiger partial charge in [-0.2, -0.15) is 0 Å². The van der Waals surface area contributed by atoms with Crippen molar-refractivity contribution in [1.82, 2.24) is 0 Å². The molecule has 0 aromatic heterocycles. The van der Waals surface area contributed by atoms with Crippen LogP contribution < -0.4 is 5.73 Å². The zero-order chi connectivity index (χ0) is 13.9. The fraction of sp³-hybridized carbons (Fsp3) is 0.700. The Morgan fingerprint density at radius 2 is 1.94 bits per heavy atom. The molecule has 1 saturated carbocycles. The summed E-state index contributed by atoms with van der Waals surface area (Å²) in [6, 6.07) is 0. The SMILES string of the molecule is COC(=O)C(C)C(=O)O/N=C(\N)C1CC(F)(F)C1. The average Bonchev–Trinajstić information content (AvgIpc) is 2.30. The summed E-state index contributed by atoms with van der Waals surface area (Å²) in [4.78, 5) is 26.6. The first-order valence-corrected chi connectivity index (χ1v) is 5.26. The van der Waals surface area contributed by atoms with Crippen LogP contribution in [-0.2, 0) is 19.2 Å². The molecule has 1 aliphatic rings. The number of hydrogen-bond donors (Lipinski definition) is 1. The predicted molar refractivity (Wildman–Crippen MR) is 56.6 cm³/mol. The van der Waals surface area contributed by atoms with Gasteiger partial charge in [-0.1, -0.05) is 5.16 Å². The smallest absolute Gasteiger partial charge is 0.349 e. The molecule has 0 heterocycles. The van der Waals surface area contributed by atoms with E-state index in [0.717, 1.165) is 7.11 Å². The highest BCUT2D eigenvalue weighted by atomic mass is 19.3. The number of nitrogens with two attached hydrogens (primary N) is 1. The largest absolute Gasteiger partial charge is 0.468 e. The second-order valence-corrected chi connectivity index (χ2v) is 4.13. The lowest BCUT2D eigenvalue weighted by Gasteiger charge is -2.33. The van der Waals surface area contributed by atoms with Crippen LogP contribution >= 0.6 is 0 Å². The summed E-state index contributed by atoms with van der Waals surface area (Å²) < 4.78 is 29.4. The van der Waals surface area contributed by atoms with Crippen molar-refractivity contribution in [3.63, 3.8) is 0 Å². The topological polar surface area (TPSA) is 91.0 Å². The van der Waals surface area contributed by atoms with Gasteiger partial charge in [0.25, 0.3) is 0 Å². The van der Waals surface area contributed by atoms with E-state index < -0.39 is 42.5 Å². The summed E-state index contributed by atoms with van der Waals surface area (Å²) in [6.07, 6.45) is -0.821.